The van der Waals surface area contributed by atoms with Gasteiger partial charge >= 0.3 is 0 Å². The normalized spacial score (nSPS) is 10.6. The Morgan fingerprint density at radius 1 is 1.30 bits per heavy atom. The third-order valence-electron chi connectivity index (χ3n) is 3.23. The predicted molar refractivity (Wildman–Crippen MR) is 76.1 cm³/mol. The fourth-order valence-electron chi connectivity index (χ4n) is 2.03. The molecule has 0 fully saturated rings. The number of nitrogens with two attached hydrogens (primary N) is 1. The van der Waals surface area contributed by atoms with E-state index < -0.39 is 0 Å². The number of methoxy groups -OCH3 is 1. The molecule has 5 heteroatoms. The summed E-state index contributed by atoms with van der Waals surface area (Å²) in [6, 6.07) is 5.74. The summed E-state index contributed by atoms with van der Waals surface area (Å²) < 4.78 is 16.2. The molecule has 0 saturated heterocycles. The summed E-state index contributed by atoms with van der Waals surface area (Å²) in [5.74, 6) is 2.41. The summed E-state index contributed by atoms with van der Waals surface area (Å²) in [4.78, 5) is 0. The minimum absolute atomic E-state index is 0.436. The second-order valence-corrected chi connectivity index (χ2v) is 4.60. The highest BCUT2D eigenvalue weighted by molar-refractivity contribution is 5.40. The van der Waals surface area contributed by atoms with Gasteiger partial charge in [0.05, 0.1) is 18.4 Å². The van der Waals surface area contributed by atoms with Crippen LogP contribution in [0.4, 0.5) is 0 Å². The highest BCUT2D eigenvalue weighted by atomic mass is 16.5. The SMILES string of the molecule is COc1ccc(OCc2c(C)noc2C)c(CCN)c1. The molecule has 20 heavy (non-hydrogen) atoms. The molecule has 0 atom stereocenters. The molecule has 0 unspecified atom stereocenters. The van der Waals surface area contributed by atoms with Crippen LogP contribution in [0.1, 0.15) is 22.6 Å². The maximum absolute atomic E-state index is 5.88. The lowest BCUT2D eigenvalue weighted by atomic mass is 10.1. The summed E-state index contributed by atoms with van der Waals surface area (Å²) in [6.07, 6.45) is 0.744. The fraction of sp³-hybridized carbons (Fsp3) is 0.400. The summed E-state index contributed by atoms with van der Waals surface area (Å²) in [6.45, 7) is 4.79. The molecule has 108 valence electrons. The molecule has 1 aromatic heterocycles. The molecule has 0 aliphatic carbocycles. The molecule has 1 aromatic carbocycles. The molecule has 0 saturated carbocycles. The first-order chi connectivity index (χ1) is 9.65. The number of rotatable bonds is 6. The van der Waals surface area contributed by atoms with E-state index >= 15 is 0 Å². The van der Waals surface area contributed by atoms with Crippen LogP contribution in [-0.2, 0) is 13.0 Å². The largest absolute Gasteiger partial charge is 0.497 e. The molecular formula is C15H20N2O3. The van der Waals surface area contributed by atoms with Crippen molar-refractivity contribution in [3.8, 4) is 11.5 Å². The van der Waals surface area contributed by atoms with E-state index in [2.05, 4.69) is 5.16 Å². The third-order valence-corrected chi connectivity index (χ3v) is 3.23. The first-order valence-corrected chi connectivity index (χ1v) is 6.57. The number of benzene rings is 1. The first kappa shape index (κ1) is 14.4. The molecule has 0 spiro atoms. The van der Waals surface area contributed by atoms with Gasteiger partial charge in [-0.3, -0.25) is 0 Å². The van der Waals surface area contributed by atoms with Crippen molar-refractivity contribution in [3.05, 3.63) is 40.8 Å². The van der Waals surface area contributed by atoms with Crippen LogP contribution in [-0.4, -0.2) is 18.8 Å². The van der Waals surface area contributed by atoms with Gasteiger partial charge in [0, 0.05) is 0 Å². The average molecular weight is 276 g/mol. The molecule has 2 rings (SSSR count). The standard InChI is InChI=1S/C15H20N2O3/c1-10-14(11(2)20-17-10)9-19-15-5-4-13(18-3)8-12(15)6-7-16/h4-5,8H,6-7,9,16H2,1-3H3. The third kappa shape index (κ3) is 3.11. The minimum atomic E-state index is 0.436. The minimum Gasteiger partial charge on any atom is -0.497 e. The van der Waals surface area contributed by atoms with Crippen molar-refractivity contribution in [3.63, 3.8) is 0 Å². The van der Waals surface area contributed by atoms with Crippen LogP contribution in [0.5, 0.6) is 11.5 Å². The highest BCUT2D eigenvalue weighted by Crippen LogP contribution is 2.26. The van der Waals surface area contributed by atoms with Gasteiger partial charge in [-0.15, -0.1) is 0 Å². The van der Waals surface area contributed by atoms with Gasteiger partial charge in [-0.2, -0.15) is 0 Å². The van der Waals surface area contributed by atoms with Crippen molar-refractivity contribution in [1.29, 1.82) is 0 Å². The summed E-state index contributed by atoms with van der Waals surface area (Å²) >= 11 is 0. The van der Waals surface area contributed by atoms with Crippen molar-refractivity contribution in [2.24, 2.45) is 5.73 Å². The van der Waals surface area contributed by atoms with Crippen molar-refractivity contribution in [2.45, 2.75) is 26.9 Å². The molecule has 2 aromatic rings. The Morgan fingerprint density at radius 2 is 2.10 bits per heavy atom. The van der Waals surface area contributed by atoms with Crippen LogP contribution < -0.4 is 15.2 Å². The Morgan fingerprint density at radius 3 is 2.70 bits per heavy atom. The zero-order valence-corrected chi connectivity index (χ0v) is 12.1. The predicted octanol–water partition coefficient (Wildman–Crippen LogP) is 2.38. The van der Waals surface area contributed by atoms with Gasteiger partial charge in [-0.05, 0) is 50.6 Å². The van der Waals surface area contributed by atoms with Crippen LogP contribution in [0.3, 0.4) is 0 Å². The Hall–Kier alpha value is -2.01. The Bertz CT molecular complexity index is 559. The molecular weight excluding hydrogens is 256 g/mol. The van der Waals surface area contributed by atoms with E-state index in [4.69, 9.17) is 19.7 Å². The molecule has 1 heterocycles. The quantitative estimate of drug-likeness (QED) is 0.877. The van der Waals surface area contributed by atoms with Crippen LogP contribution in [0, 0.1) is 13.8 Å². The van der Waals surface area contributed by atoms with Gasteiger partial charge < -0.3 is 19.7 Å². The number of aromatic nitrogens is 1. The summed E-state index contributed by atoms with van der Waals surface area (Å²) in [5.41, 5.74) is 8.52. The molecule has 0 amide bonds. The van der Waals surface area contributed by atoms with Gasteiger partial charge in [-0.1, -0.05) is 5.16 Å². The Balaban J connectivity index is 2.16. The number of aryl methyl sites for hydroxylation is 2. The molecule has 0 aliphatic rings. The van der Waals surface area contributed by atoms with Crippen LogP contribution in [0.25, 0.3) is 0 Å². The van der Waals surface area contributed by atoms with Gasteiger partial charge in [-0.25, -0.2) is 0 Å². The number of nitrogens with zero attached hydrogens (tertiary/aromatic N) is 1. The number of hydrogen-bond acceptors (Lipinski definition) is 5. The zero-order valence-electron chi connectivity index (χ0n) is 12.1. The lowest BCUT2D eigenvalue weighted by Gasteiger charge is -2.12. The van der Waals surface area contributed by atoms with Crippen molar-refractivity contribution in [2.75, 3.05) is 13.7 Å². The summed E-state index contributed by atoms with van der Waals surface area (Å²) in [7, 11) is 1.64. The monoisotopic (exact) mass is 276 g/mol. The topological polar surface area (TPSA) is 70.5 Å². The van der Waals surface area contributed by atoms with Gasteiger partial charge in [0.1, 0.15) is 23.9 Å². The second-order valence-electron chi connectivity index (χ2n) is 4.60. The molecule has 0 bridgehead atoms. The van der Waals surface area contributed by atoms with E-state index in [9.17, 15) is 0 Å². The van der Waals surface area contributed by atoms with Gasteiger partial charge in [0.25, 0.3) is 0 Å². The van der Waals surface area contributed by atoms with Crippen molar-refractivity contribution < 1.29 is 14.0 Å². The molecule has 0 aliphatic heterocycles. The van der Waals surface area contributed by atoms with E-state index in [1.54, 1.807) is 7.11 Å². The highest BCUT2D eigenvalue weighted by Gasteiger charge is 2.11. The zero-order chi connectivity index (χ0) is 14.5. The van der Waals surface area contributed by atoms with Crippen molar-refractivity contribution >= 4 is 0 Å². The van der Waals surface area contributed by atoms with E-state index in [0.29, 0.717) is 13.2 Å². The van der Waals surface area contributed by atoms with Crippen LogP contribution in [0.2, 0.25) is 0 Å². The van der Waals surface area contributed by atoms with E-state index in [0.717, 1.165) is 40.5 Å². The van der Waals surface area contributed by atoms with Gasteiger partial charge in [0.2, 0.25) is 0 Å². The Labute approximate surface area is 118 Å². The van der Waals surface area contributed by atoms with Crippen LogP contribution in [0.15, 0.2) is 22.7 Å². The Kier molecular flexibility index (Phi) is 4.63. The van der Waals surface area contributed by atoms with Crippen LogP contribution >= 0.6 is 0 Å². The number of hydrogen-bond donors (Lipinski definition) is 1. The van der Waals surface area contributed by atoms with E-state index in [1.165, 1.54) is 0 Å². The number of ether oxygens (including phenoxy) is 2. The summed E-state index contributed by atoms with van der Waals surface area (Å²) in [5, 5.41) is 3.92. The molecule has 0 radical (unpaired) electrons. The first-order valence-electron chi connectivity index (χ1n) is 6.57. The van der Waals surface area contributed by atoms with Crippen molar-refractivity contribution in [1.82, 2.24) is 5.16 Å². The lowest BCUT2D eigenvalue weighted by Crippen LogP contribution is -2.06. The maximum Gasteiger partial charge on any atom is 0.140 e. The van der Waals surface area contributed by atoms with E-state index in [1.807, 2.05) is 32.0 Å². The average Bonchev–Trinajstić information content (AvgIpc) is 2.77. The molecule has 2 N–H and O–H groups in total. The maximum atomic E-state index is 5.88. The lowest BCUT2D eigenvalue weighted by molar-refractivity contribution is 0.298. The fourth-order valence-corrected chi connectivity index (χ4v) is 2.03. The van der Waals surface area contributed by atoms with Gasteiger partial charge in [0.15, 0.2) is 0 Å². The smallest absolute Gasteiger partial charge is 0.140 e. The second kappa shape index (κ2) is 6.43. The van der Waals surface area contributed by atoms with E-state index in [-0.39, 0.29) is 0 Å². The molecule has 5 nitrogen and oxygen atoms in total.